The van der Waals surface area contributed by atoms with E-state index in [4.69, 9.17) is 11.6 Å². The maximum atomic E-state index is 12.4. The summed E-state index contributed by atoms with van der Waals surface area (Å²) in [5, 5.41) is 0.186. The number of halogens is 1. The Hall–Kier alpha value is -0.650. The maximum absolute atomic E-state index is 12.4. The van der Waals surface area contributed by atoms with E-state index in [9.17, 15) is 8.42 Å². The molecule has 0 atom stereocenters. The van der Waals surface area contributed by atoms with Crippen molar-refractivity contribution in [3.05, 3.63) is 23.5 Å². The van der Waals surface area contributed by atoms with Crippen LogP contribution in [0.3, 0.4) is 0 Å². The van der Waals surface area contributed by atoms with Crippen molar-refractivity contribution in [3.8, 4) is 0 Å². The topological polar surface area (TPSA) is 50.3 Å². The molecule has 1 aromatic rings. The molecule has 0 aliphatic rings. The molecule has 0 radical (unpaired) electrons. The molecule has 0 aliphatic carbocycles. The zero-order chi connectivity index (χ0) is 13.1. The Balaban J connectivity index is 3.16. The van der Waals surface area contributed by atoms with Crippen LogP contribution in [0.5, 0.6) is 0 Å². The van der Waals surface area contributed by atoms with E-state index in [1.165, 1.54) is 22.6 Å². The Morgan fingerprint density at radius 3 is 2.59 bits per heavy atom. The highest BCUT2D eigenvalue weighted by atomic mass is 35.5. The molecule has 1 rings (SSSR count). The van der Waals surface area contributed by atoms with Crippen LogP contribution in [0.2, 0.25) is 5.15 Å². The molecular weight excluding hydrogens is 260 g/mol. The summed E-state index contributed by atoms with van der Waals surface area (Å²) in [6, 6.07) is 2.76. The lowest BCUT2D eigenvalue weighted by Crippen LogP contribution is -2.37. The molecule has 0 amide bonds. The van der Waals surface area contributed by atoms with Crippen molar-refractivity contribution in [2.24, 2.45) is 0 Å². The van der Waals surface area contributed by atoms with E-state index < -0.39 is 10.0 Å². The molecular formula is C11H17ClN2O2S. The lowest BCUT2D eigenvalue weighted by molar-refractivity contribution is 0.354. The first-order chi connectivity index (χ1) is 7.89. The van der Waals surface area contributed by atoms with Gasteiger partial charge in [-0.05, 0) is 32.4 Å². The van der Waals surface area contributed by atoms with Crippen LogP contribution in [0, 0.1) is 0 Å². The molecule has 0 aliphatic heterocycles. The van der Waals surface area contributed by atoms with Crippen LogP contribution >= 0.6 is 11.6 Å². The molecule has 0 N–H and O–H groups in total. The molecule has 0 unspecified atom stereocenters. The van der Waals surface area contributed by atoms with Gasteiger partial charge in [-0.15, -0.1) is 0 Å². The minimum Gasteiger partial charge on any atom is -0.244 e. The van der Waals surface area contributed by atoms with E-state index in [0.29, 0.717) is 6.54 Å². The van der Waals surface area contributed by atoms with Crippen molar-refractivity contribution in [2.45, 2.75) is 38.1 Å². The van der Waals surface area contributed by atoms with Crippen LogP contribution in [-0.4, -0.2) is 30.3 Å². The van der Waals surface area contributed by atoms with E-state index in [0.717, 1.165) is 6.42 Å². The first-order valence-electron chi connectivity index (χ1n) is 5.53. The van der Waals surface area contributed by atoms with E-state index >= 15 is 0 Å². The standard InChI is InChI=1S/C11H17ClN2O2S/c1-4-7-14(9(2)3)17(15,16)10-5-6-13-11(12)8-10/h5-6,8-9H,4,7H2,1-3H3. The molecule has 6 heteroatoms. The summed E-state index contributed by atoms with van der Waals surface area (Å²) in [4.78, 5) is 3.98. The average Bonchev–Trinajstić information content (AvgIpc) is 2.25. The third kappa shape index (κ3) is 3.40. The van der Waals surface area contributed by atoms with Gasteiger partial charge >= 0.3 is 0 Å². The fraction of sp³-hybridized carbons (Fsp3) is 0.545. The number of sulfonamides is 1. The summed E-state index contributed by atoms with van der Waals surface area (Å²) in [5.74, 6) is 0. The smallest absolute Gasteiger partial charge is 0.243 e. The summed E-state index contributed by atoms with van der Waals surface area (Å²) in [7, 11) is -3.48. The lowest BCUT2D eigenvalue weighted by Gasteiger charge is -2.25. The fourth-order valence-electron chi connectivity index (χ4n) is 1.56. The zero-order valence-electron chi connectivity index (χ0n) is 10.2. The first-order valence-corrected chi connectivity index (χ1v) is 7.34. The van der Waals surface area contributed by atoms with Crippen LogP contribution in [0.4, 0.5) is 0 Å². The van der Waals surface area contributed by atoms with Crippen molar-refractivity contribution in [2.75, 3.05) is 6.54 Å². The lowest BCUT2D eigenvalue weighted by atomic mass is 10.4. The molecule has 0 spiro atoms. The number of rotatable bonds is 5. The average molecular weight is 277 g/mol. The maximum Gasteiger partial charge on any atom is 0.243 e. The molecule has 1 aromatic heterocycles. The number of pyridine rings is 1. The minimum absolute atomic E-state index is 0.0770. The van der Waals surface area contributed by atoms with Crippen molar-refractivity contribution in [1.82, 2.24) is 9.29 Å². The molecule has 0 fully saturated rings. The number of nitrogens with zero attached hydrogens (tertiary/aromatic N) is 2. The highest BCUT2D eigenvalue weighted by Crippen LogP contribution is 2.20. The Kier molecular flexibility index (Phi) is 4.91. The van der Waals surface area contributed by atoms with Gasteiger partial charge in [-0.2, -0.15) is 4.31 Å². The van der Waals surface area contributed by atoms with Gasteiger partial charge in [-0.1, -0.05) is 18.5 Å². The van der Waals surface area contributed by atoms with Crippen molar-refractivity contribution >= 4 is 21.6 Å². The normalized spacial score (nSPS) is 12.4. The molecule has 0 aromatic carbocycles. The molecule has 0 saturated carbocycles. The van der Waals surface area contributed by atoms with Gasteiger partial charge in [-0.25, -0.2) is 13.4 Å². The second-order valence-electron chi connectivity index (χ2n) is 4.02. The Morgan fingerprint density at radius 2 is 2.12 bits per heavy atom. The Labute approximate surface area is 108 Å². The fourth-order valence-corrected chi connectivity index (χ4v) is 3.54. The molecule has 0 bridgehead atoms. The third-order valence-electron chi connectivity index (χ3n) is 2.32. The van der Waals surface area contributed by atoms with Gasteiger partial charge in [0.05, 0.1) is 4.90 Å². The predicted molar refractivity (Wildman–Crippen MR) is 68.6 cm³/mol. The SMILES string of the molecule is CCCN(C(C)C)S(=O)(=O)c1ccnc(Cl)c1. The summed E-state index contributed by atoms with van der Waals surface area (Å²) in [6.07, 6.45) is 2.18. The van der Waals surface area contributed by atoms with E-state index in [1.54, 1.807) is 0 Å². The number of hydrogen-bond acceptors (Lipinski definition) is 3. The summed E-state index contributed by atoms with van der Waals surface area (Å²) in [6.45, 7) is 6.16. The van der Waals surface area contributed by atoms with Gasteiger partial charge in [0.25, 0.3) is 0 Å². The van der Waals surface area contributed by atoms with Gasteiger partial charge in [0, 0.05) is 18.8 Å². The van der Waals surface area contributed by atoms with E-state index in [1.807, 2.05) is 20.8 Å². The monoisotopic (exact) mass is 276 g/mol. The Bertz CT molecular complexity index is 474. The van der Waals surface area contributed by atoms with E-state index in [2.05, 4.69) is 4.98 Å². The van der Waals surface area contributed by atoms with Crippen LogP contribution < -0.4 is 0 Å². The quantitative estimate of drug-likeness (QED) is 0.777. The molecule has 96 valence electrons. The summed E-state index contributed by atoms with van der Waals surface area (Å²) >= 11 is 5.72. The van der Waals surface area contributed by atoms with Crippen LogP contribution in [-0.2, 0) is 10.0 Å². The van der Waals surface area contributed by atoms with E-state index in [-0.39, 0.29) is 16.1 Å². The Morgan fingerprint density at radius 1 is 1.47 bits per heavy atom. The van der Waals surface area contributed by atoms with Crippen LogP contribution in [0.15, 0.2) is 23.2 Å². The minimum atomic E-state index is -3.48. The number of aromatic nitrogens is 1. The van der Waals surface area contributed by atoms with Gasteiger partial charge in [0.1, 0.15) is 5.15 Å². The van der Waals surface area contributed by atoms with Crippen LogP contribution in [0.25, 0.3) is 0 Å². The van der Waals surface area contributed by atoms with Gasteiger partial charge in [0.2, 0.25) is 10.0 Å². The second kappa shape index (κ2) is 5.80. The zero-order valence-corrected chi connectivity index (χ0v) is 11.8. The summed E-state index contributed by atoms with van der Waals surface area (Å²) in [5.41, 5.74) is 0. The highest BCUT2D eigenvalue weighted by molar-refractivity contribution is 7.89. The largest absolute Gasteiger partial charge is 0.244 e. The van der Waals surface area contributed by atoms with Gasteiger partial charge < -0.3 is 0 Å². The third-order valence-corrected chi connectivity index (χ3v) is 4.60. The van der Waals surface area contributed by atoms with Gasteiger partial charge in [-0.3, -0.25) is 0 Å². The molecule has 17 heavy (non-hydrogen) atoms. The predicted octanol–water partition coefficient (Wildman–Crippen LogP) is 2.54. The second-order valence-corrected chi connectivity index (χ2v) is 6.30. The van der Waals surface area contributed by atoms with Crippen molar-refractivity contribution in [3.63, 3.8) is 0 Å². The van der Waals surface area contributed by atoms with Crippen molar-refractivity contribution < 1.29 is 8.42 Å². The number of hydrogen-bond donors (Lipinski definition) is 0. The van der Waals surface area contributed by atoms with Crippen molar-refractivity contribution in [1.29, 1.82) is 0 Å². The molecule has 4 nitrogen and oxygen atoms in total. The first kappa shape index (κ1) is 14.4. The van der Waals surface area contributed by atoms with Crippen LogP contribution in [0.1, 0.15) is 27.2 Å². The van der Waals surface area contributed by atoms with Gasteiger partial charge in [0.15, 0.2) is 0 Å². The molecule has 1 heterocycles. The summed E-state index contributed by atoms with van der Waals surface area (Å²) < 4.78 is 26.2. The highest BCUT2D eigenvalue weighted by Gasteiger charge is 2.26. The molecule has 0 saturated heterocycles.